The number of ether oxygens (including phenoxy) is 1. The molecule has 0 aliphatic carbocycles. The van der Waals surface area contributed by atoms with Gasteiger partial charge in [-0.05, 0) is 17.0 Å². The standard InChI is InChI=1S/C8H12BrNO2/c1-4-6(9)5-7(10-2)8(11)12-3/h5H,4H2,1-3H3/b6-5+,10-7?. The van der Waals surface area contributed by atoms with Crippen molar-refractivity contribution in [3.63, 3.8) is 0 Å². The van der Waals surface area contributed by atoms with E-state index in [2.05, 4.69) is 25.7 Å². The molecule has 0 aromatic rings. The van der Waals surface area contributed by atoms with Crippen molar-refractivity contribution in [1.82, 2.24) is 0 Å². The van der Waals surface area contributed by atoms with Gasteiger partial charge in [-0.2, -0.15) is 0 Å². The maximum absolute atomic E-state index is 11.0. The minimum absolute atomic E-state index is 0.325. The van der Waals surface area contributed by atoms with Gasteiger partial charge in [0.25, 0.3) is 0 Å². The van der Waals surface area contributed by atoms with Gasteiger partial charge in [-0.25, -0.2) is 4.79 Å². The van der Waals surface area contributed by atoms with Crippen molar-refractivity contribution in [1.29, 1.82) is 0 Å². The van der Waals surface area contributed by atoms with Crippen molar-refractivity contribution < 1.29 is 9.53 Å². The topological polar surface area (TPSA) is 38.7 Å². The van der Waals surface area contributed by atoms with Gasteiger partial charge in [-0.3, -0.25) is 4.99 Å². The van der Waals surface area contributed by atoms with Crippen LogP contribution >= 0.6 is 15.9 Å². The molecule has 12 heavy (non-hydrogen) atoms. The van der Waals surface area contributed by atoms with Crippen LogP contribution in [0.2, 0.25) is 0 Å². The normalized spacial score (nSPS) is 13.0. The molecule has 0 saturated heterocycles. The van der Waals surface area contributed by atoms with E-state index < -0.39 is 5.97 Å². The average Bonchev–Trinajstić information content (AvgIpc) is 2.12. The molecule has 0 saturated carbocycles. The molecule has 4 heteroatoms. The molecule has 3 nitrogen and oxygen atoms in total. The summed E-state index contributed by atoms with van der Waals surface area (Å²) in [7, 11) is 2.89. The summed E-state index contributed by atoms with van der Waals surface area (Å²) in [6, 6.07) is 0. The first-order chi connectivity index (χ1) is 5.65. The quantitative estimate of drug-likeness (QED) is 0.552. The lowest BCUT2D eigenvalue weighted by Crippen LogP contribution is -2.13. The molecule has 0 aromatic heterocycles. The molecule has 0 aliphatic heterocycles. The Morgan fingerprint density at radius 1 is 1.67 bits per heavy atom. The van der Waals surface area contributed by atoms with E-state index in [9.17, 15) is 4.79 Å². The first kappa shape index (κ1) is 11.4. The van der Waals surface area contributed by atoms with Gasteiger partial charge in [0.05, 0.1) is 7.11 Å². The number of aliphatic imine (C=N–C) groups is 1. The van der Waals surface area contributed by atoms with Gasteiger partial charge in [0.15, 0.2) is 0 Å². The highest BCUT2D eigenvalue weighted by molar-refractivity contribution is 9.11. The molecule has 0 spiro atoms. The average molecular weight is 234 g/mol. The molecule has 0 unspecified atom stereocenters. The van der Waals surface area contributed by atoms with E-state index in [1.54, 1.807) is 13.1 Å². The molecule has 68 valence electrons. The number of allylic oxidation sites excluding steroid dienone is 1. The second-order valence-electron chi connectivity index (χ2n) is 2.05. The lowest BCUT2D eigenvalue weighted by atomic mass is 10.3. The molecule has 0 radical (unpaired) electrons. The third kappa shape index (κ3) is 3.67. The van der Waals surface area contributed by atoms with Crippen LogP contribution in [0, 0.1) is 0 Å². The van der Waals surface area contributed by atoms with Gasteiger partial charge in [0.2, 0.25) is 0 Å². The van der Waals surface area contributed by atoms with Crippen LogP contribution in [0.4, 0.5) is 0 Å². The van der Waals surface area contributed by atoms with Crippen LogP contribution in [0.15, 0.2) is 15.6 Å². The summed E-state index contributed by atoms with van der Waals surface area (Å²) >= 11 is 3.29. The zero-order valence-corrected chi connectivity index (χ0v) is 9.01. The molecule has 0 fully saturated rings. The summed E-state index contributed by atoms with van der Waals surface area (Å²) in [5, 5.41) is 0. The third-order valence-electron chi connectivity index (χ3n) is 1.27. The van der Waals surface area contributed by atoms with Gasteiger partial charge < -0.3 is 4.74 Å². The van der Waals surface area contributed by atoms with E-state index in [0.717, 1.165) is 10.9 Å². The Balaban J connectivity index is 4.50. The number of hydrogen-bond acceptors (Lipinski definition) is 3. The summed E-state index contributed by atoms with van der Waals surface area (Å²) in [5.41, 5.74) is 0.325. The Hall–Kier alpha value is -0.640. The van der Waals surface area contributed by atoms with Crippen LogP contribution in [-0.4, -0.2) is 25.8 Å². The molecule has 0 atom stereocenters. The van der Waals surface area contributed by atoms with Gasteiger partial charge in [0, 0.05) is 7.05 Å². The fourth-order valence-corrected chi connectivity index (χ4v) is 0.787. The maximum atomic E-state index is 11.0. The van der Waals surface area contributed by atoms with Crippen LogP contribution < -0.4 is 0 Å². The van der Waals surface area contributed by atoms with E-state index in [4.69, 9.17) is 0 Å². The van der Waals surface area contributed by atoms with Gasteiger partial charge in [-0.15, -0.1) is 0 Å². The van der Waals surface area contributed by atoms with Gasteiger partial charge in [-0.1, -0.05) is 22.9 Å². The molecule has 0 heterocycles. The van der Waals surface area contributed by atoms with Crippen molar-refractivity contribution in [3.05, 3.63) is 10.6 Å². The lowest BCUT2D eigenvalue weighted by Gasteiger charge is -1.98. The lowest BCUT2D eigenvalue weighted by molar-refractivity contribution is -0.132. The monoisotopic (exact) mass is 233 g/mol. The van der Waals surface area contributed by atoms with Crippen molar-refractivity contribution in [3.8, 4) is 0 Å². The summed E-state index contributed by atoms with van der Waals surface area (Å²) < 4.78 is 5.44. The van der Waals surface area contributed by atoms with Crippen LogP contribution in [0.3, 0.4) is 0 Å². The summed E-state index contributed by atoms with van der Waals surface area (Å²) in [6.07, 6.45) is 2.49. The Morgan fingerprint density at radius 3 is 2.58 bits per heavy atom. The van der Waals surface area contributed by atoms with E-state index in [1.165, 1.54) is 7.11 Å². The van der Waals surface area contributed by atoms with Crippen molar-refractivity contribution in [2.24, 2.45) is 4.99 Å². The van der Waals surface area contributed by atoms with Crippen LogP contribution in [0.5, 0.6) is 0 Å². The fraction of sp³-hybridized carbons (Fsp3) is 0.500. The molecule has 0 aromatic carbocycles. The van der Waals surface area contributed by atoms with E-state index in [0.29, 0.717) is 5.71 Å². The zero-order chi connectivity index (χ0) is 9.56. The first-order valence-electron chi connectivity index (χ1n) is 3.56. The SMILES string of the molecule is CC/C(Br)=C\C(=NC)C(=O)OC. The number of hydrogen-bond donors (Lipinski definition) is 0. The summed E-state index contributed by atoms with van der Waals surface area (Å²) in [4.78, 5) is 14.8. The van der Waals surface area contributed by atoms with Gasteiger partial charge >= 0.3 is 5.97 Å². The Morgan fingerprint density at radius 2 is 2.25 bits per heavy atom. The van der Waals surface area contributed by atoms with E-state index in [1.807, 2.05) is 6.92 Å². The van der Waals surface area contributed by atoms with Crippen molar-refractivity contribution in [2.75, 3.05) is 14.2 Å². The van der Waals surface area contributed by atoms with Crippen LogP contribution in [0.1, 0.15) is 13.3 Å². The fourth-order valence-electron chi connectivity index (χ4n) is 0.570. The van der Waals surface area contributed by atoms with E-state index >= 15 is 0 Å². The predicted molar refractivity (Wildman–Crippen MR) is 52.7 cm³/mol. The second-order valence-corrected chi connectivity index (χ2v) is 3.06. The number of carbonyl (C=O) groups excluding carboxylic acids is 1. The number of carbonyl (C=O) groups is 1. The van der Waals surface area contributed by atoms with Gasteiger partial charge in [0.1, 0.15) is 5.71 Å². The van der Waals surface area contributed by atoms with Crippen molar-refractivity contribution in [2.45, 2.75) is 13.3 Å². The van der Waals surface area contributed by atoms with E-state index in [-0.39, 0.29) is 0 Å². The van der Waals surface area contributed by atoms with Crippen molar-refractivity contribution >= 4 is 27.6 Å². The highest BCUT2D eigenvalue weighted by Gasteiger charge is 2.07. The molecule has 0 aliphatic rings. The molecule has 0 amide bonds. The Bertz CT molecular complexity index is 221. The molecule has 0 N–H and O–H groups in total. The smallest absolute Gasteiger partial charge is 0.356 e. The minimum atomic E-state index is -0.414. The highest BCUT2D eigenvalue weighted by Crippen LogP contribution is 2.09. The summed E-state index contributed by atoms with van der Waals surface area (Å²) in [6.45, 7) is 1.98. The first-order valence-corrected chi connectivity index (χ1v) is 4.36. The van der Waals surface area contributed by atoms with Crippen LogP contribution in [0.25, 0.3) is 0 Å². The number of nitrogens with zero attached hydrogens (tertiary/aromatic N) is 1. The third-order valence-corrected chi connectivity index (χ3v) is 2.06. The zero-order valence-electron chi connectivity index (χ0n) is 7.43. The molecular formula is C8H12BrNO2. The van der Waals surface area contributed by atoms with Crippen LogP contribution in [-0.2, 0) is 9.53 Å². The largest absolute Gasteiger partial charge is 0.464 e. The second kappa shape index (κ2) is 5.94. The molecule has 0 bridgehead atoms. The Kier molecular flexibility index (Phi) is 5.62. The summed E-state index contributed by atoms with van der Waals surface area (Å²) in [5.74, 6) is -0.414. The molecular weight excluding hydrogens is 222 g/mol. The number of halogens is 1. The minimum Gasteiger partial charge on any atom is -0.464 e. The Labute approximate surface area is 80.6 Å². The number of methoxy groups -OCH3 is 1. The maximum Gasteiger partial charge on any atom is 0.356 e. The molecule has 0 rings (SSSR count). The highest BCUT2D eigenvalue weighted by atomic mass is 79.9. The number of rotatable bonds is 3. The number of esters is 1. The predicted octanol–water partition coefficient (Wildman–Crippen LogP) is 1.92.